The van der Waals surface area contributed by atoms with Crippen LogP contribution in [0.5, 0.6) is 0 Å². The molecule has 0 radical (unpaired) electrons. The fourth-order valence-electron chi connectivity index (χ4n) is 1.98. The highest BCUT2D eigenvalue weighted by atomic mass is 32.2. The molecular weight excluding hydrogens is 275 g/mol. The molecule has 1 atom stereocenters. The molecule has 0 spiro atoms. The first kappa shape index (κ1) is 14.0. The van der Waals surface area contributed by atoms with Crippen LogP contribution in [0.1, 0.15) is 23.2 Å². The Bertz CT molecular complexity index is 590. The van der Waals surface area contributed by atoms with Crippen LogP contribution in [-0.2, 0) is 14.6 Å². The summed E-state index contributed by atoms with van der Waals surface area (Å²) in [7, 11) is -3.67. The molecule has 1 aliphatic rings. The van der Waals surface area contributed by atoms with Gasteiger partial charge in [0, 0.05) is 6.61 Å². The van der Waals surface area contributed by atoms with Gasteiger partial charge in [0.1, 0.15) is 5.82 Å². The summed E-state index contributed by atoms with van der Waals surface area (Å²) in [6, 6.07) is 2.78. The lowest BCUT2D eigenvalue weighted by Crippen LogP contribution is -2.20. The highest BCUT2D eigenvalue weighted by Gasteiger charge is 2.26. The highest BCUT2D eigenvalue weighted by Crippen LogP contribution is 2.21. The summed E-state index contributed by atoms with van der Waals surface area (Å²) >= 11 is 0. The number of hydrogen-bond acceptors (Lipinski definition) is 4. The Kier molecular flexibility index (Phi) is 3.86. The van der Waals surface area contributed by atoms with Crippen LogP contribution in [0.3, 0.4) is 0 Å². The van der Waals surface area contributed by atoms with E-state index >= 15 is 0 Å². The van der Waals surface area contributed by atoms with Gasteiger partial charge in [-0.2, -0.15) is 0 Å². The van der Waals surface area contributed by atoms with E-state index in [1.165, 1.54) is 0 Å². The molecule has 1 heterocycles. The number of carboxylic acid groups (broad SMARTS) is 1. The van der Waals surface area contributed by atoms with Crippen LogP contribution < -0.4 is 0 Å². The lowest BCUT2D eigenvalue weighted by molar-refractivity contribution is 0.0691. The molecule has 1 aromatic carbocycles. The first-order valence-electron chi connectivity index (χ1n) is 5.77. The molecule has 0 aliphatic carbocycles. The number of rotatable bonds is 4. The standard InChI is InChI=1S/C12H13FO5S/c13-11-4-3-9(6-10(11)12(14)15)19(16,17)7-8-2-1-5-18-8/h3-4,6,8H,1-2,5,7H2,(H,14,15). The number of carbonyl (C=O) groups is 1. The van der Waals surface area contributed by atoms with Crippen molar-refractivity contribution in [1.82, 2.24) is 0 Å². The average Bonchev–Trinajstić information content (AvgIpc) is 2.80. The Hall–Kier alpha value is -1.47. The highest BCUT2D eigenvalue weighted by molar-refractivity contribution is 7.91. The molecule has 0 saturated carbocycles. The second kappa shape index (κ2) is 5.26. The van der Waals surface area contributed by atoms with Gasteiger partial charge in [0.05, 0.1) is 22.3 Å². The van der Waals surface area contributed by atoms with Gasteiger partial charge in [0.25, 0.3) is 0 Å². The summed E-state index contributed by atoms with van der Waals surface area (Å²) in [4.78, 5) is 10.6. The molecule has 7 heteroatoms. The van der Waals surface area contributed by atoms with Crippen molar-refractivity contribution in [2.24, 2.45) is 0 Å². The largest absolute Gasteiger partial charge is 0.478 e. The summed E-state index contributed by atoms with van der Waals surface area (Å²) in [6.45, 7) is 0.532. The minimum Gasteiger partial charge on any atom is -0.478 e. The maximum Gasteiger partial charge on any atom is 0.338 e. The number of aromatic carboxylic acids is 1. The second-order valence-electron chi connectivity index (χ2n) is 4.36. The molecular formula is C12H13FO5S. The van der Waals surface area contributed by atoms with Gasteiger partial charge < -0.3 is 9.84 Å². The Morgan fingerprint density at radius 2 is 2.21 bits per heavy atom. The summed E-state index contributed by atoms with van der Waals surface area (Å²) < 4.78 is 42.6. The first-order chi connectivity index (χ1) is 8.90. The third kappa shape index (κ3) is 3.10. The molecule has 1 aromatic rings. The van der Waals surface area contributed by atoms with Crippen LogP contribution in [-0.4, -0.2) is 38.0 Å². The molecule has 104 valence electrons. The number of ether oxygens (including phenoxy) is 1. The molecule has 2 rings (SSSR count). The van der Waals surface area contributed by atoms with Gasteiger partial charge in [0.2, 0.25) is 0 Å². The maximum absolute atomic E-state index is 13.2. The van der Waals surface area contributed by atoms with Crippen LogP contribution >= 0.6 is 0 Å². The van der Waals surface area contributed by atoms with Crippen LogP contribution in [0, 0.1) is 5.82 Å². The van der Waals surface area contributed by atoms with Crippen molar-refractivity contribution in [3.8, 4) is 0 Å². The van der Waals surface area contributed by atoms with E-state index in [-0.39, 0.29) is 16.8 Å². The summed E-state index contributed by atoms with van der Waals surface area (Å²) in [5, 5.41) is 8.78. The van der Waals surface area contributed by atoms with Crippen LogP contribution in [0.4, 0.5) is 4.39 Å². The van der Waals surface area contributed by atoms with Crippen molar-refractivity contribution in [2.75, 3.05) is 12.4 Å². The zero-order chi connectivity index (χ0) is 14.0. The smallest absolute Gasteiger partial charge is 0.338 e. The van der Waals surface area contributed by atoms with Gasteiger partial charge in [0.15, 0.2) is 9.84 Å². The van der Waals surface area contributed by atoms with E-state index in [1.54, 1.807) is 0 Å². The van der Waals surface area contributed by atoms with Gasteiger partial charge in [-0.1, -0.05) is 0 Å². The number of sulfone groups is 1. The van der Waals surface area contributed by atoms with Crippen LogP contribution in [0.15, 0.2) is 23.1 Å². The van der Waals surface area contributed by atoms with E-state index in [4.69, 9.17) is 9.84 Å². The molecule has 5 nitrogen and oxygen atoms in total. The minimum absolute atomic E-state index is 0.193. The number of hydrogen-bond donors (Lipinski definition) is 1. The molecule has 1 fully saturated rings. The average molecular weight is 288 g/mol. The molecule has 19 heavy (non-hydrogen) atoms. The SMILES string of the molecule is O=C(O)c1cc(S(=O)(=O)CC2CCCO2)ccc1F. The number of halogens is 1. The summed E-state index contributed by atoms with van der Waals surface area (Å²) in [6.07, 6.45) is 1.10. The monoisotopic (exact) mass is 288 g/mol. The minimum atomic E-state index is -3.67. The van der Waals surface area contributed by atoms with Gasteiger partial charge in [-0.3, -0.25) is 0 Å². The number of benzene rings is 1. The van der Waals surface area contributed by atoms with E-state index in [2.05, 4.69) is 0 Å². The molecule has 1 N–H and O–H groups in total. The summed E-state index contributed by atoms with van der Waals surface area (Å²) in [5.41, 5.74) is -0.645. The lowest BCUT2D eigenvalue weighted by Gasteiger charge is -2.10. The quantitative estimate of drug-likeness (QED) is 0.849. The van der Waals surface area contributed by atoms with Crippen LogP contribution in [0.2, 0.25) is 0 Å². The maximum atomic E-state index is 13.2. The van der Waals surface area contributed by atoms with Crippen LogP contribution in [0.25, 0.3) is 0 Å². The van der Waals surface area contributed by atoms with Crippen molar-refractivity contribution in [1.29, 1.82) is 0 Å². The van der Waals surface area contributed by atoms with Crippen molar-refractivity contribution in [2.45, 2.75) is 23.8 Å². The van der Waals surface area contributed by atoms with Gasteiger partial charge in [-0.05, 0) is 31.0 Å². The third-order valence-corrected chi connectivity index (χ3v) is 4.74. The topological polar surface area (TPSA) is 80.7 Å². The van der Waals surface area contributed by atoms with Crippen molar-refractivity contribution in [3.05, 3.63) is 29.6 Å². The Balaban J connectivity index is 2.29. The third-order valence-electron chi connectivity index (χ3n) is 2.96. The zero-order valence-corrected chi connectivity index (χ0v) is 10.8. The van der Waals surface area contributed by atoms with E-state index in [0.29, 0.717) is 13.0 Å². The van der Waals surface area contributed by atoms with E-state index in [9.17, 15) is 17.6 Å². The van der Waals surface area contributed by atoms with Crippen molar-refractivity contribution < 1.29 is 27.4 Å². The van der Waals surface area contributed by atoms with E-state index in [0.717, 1.165) is 24.6 Å². The molecule has 0 bridgehead atoms. The summed E-state index contributed by atoms with van der Waals surface area (Å²) in [5.74, 6) is -2.66. The normalized spacial score (nSPS) is 19.5. The Morgan fingerprint density at radius 3 is 2.79 bits per heavy atom. The molecule has 1 aliphatic heterocycles. The fourth-order valence-corrected chi connectivity index (χ4v) is 3.50. The lowest BCUT2D eigenvalue weighted by atomic mass is 10.2. The van der Waals surface area contributed by atoms with Gasteiger partial charge in [-0.25, -0.2) is 17.6 Å². The zero-order valence-electron chi connectivity index (χ0n) is 10.0. The predicted octanol–water partition coefficient (Wildman–Crippen LogP) is 1.48. The predicted molar refractivity (Wildman–Crippen MR) is 64.4 cm³/mol. The molecule has 0 amide bonds. The molecule has 0 aromatic heterocycles. The fraction of sp³-hybridized carbons (Fsp3) is 0.417. The molecule has 1 unspecified atom stereocenters. The Morgan fingerprint density at radius 1 is 1.47 bits per heavy atom. The Labute approximate surface area is 109 Å². The molecule has 1 saturated heterocycles. The van der Waals surface area contributed by atoms with Gasteiger partial charge >= 0.3 is 5.97 Å². The van der Waals surface area contributed by atoms with E-state index < -0.39 is 27.2 Å². The van der Waals surface area contributed by atoms with Crippen molar-refractivity contribution in [3.63, 3.8) is 0 Å². The first-order valence-corrected chi connectivity index (χ1v) is 7.42. The number of carboxylic acids is 1. The van der Waals surface area contributed by atoms with E-state index in [1.807, 2.05) is 0 Å². The van der Waals surface area contributed by atoms with Crippen molar-refractivity contribution >= 4 is 15.8 Å². The van der Waals surface area contributed by atoms with Gasteiger partial charge in [-0.15, -0.1) is 0 Å². The second-order valence-corrected chi connectivity index (χ2v) is 6.40.